The van der Waals surface area contributed by atoms with Gasteiger partial charge in [-0.1, -0.05) is 32.2 Å². The fraction of sp³-hybridized carbons (Fsp3) is 0.500. The maximum absolute atomic E-state index is 15.1. The molecule has 1 aliphatic rings. The summed E-state index contributed by atoms with van der Waals surface area (Å²) in [6, 6.07) is 5.12. The van der Waals surface area contributed by atoms with Crippen LogP contribution in [-0.2, 0) is 11.0 Å². The maximum Gasteiger partial charge on any atom is 0.223 e. The van der Waals surface area contributed by atoms with Crippen LogP contribution in [0.2, 0.25) is 0 Å². The number of allylic oxidation sites excluding steroid dienone is 2. The molecule has 3 rings (SSSR count). The van der Waals surface area contributed by atoms with Gasteiger partial charge in [0.2, 0.25) is 5.95 Å². The second kappa shape index (κ2) is 14.1. The van der Waals surface area contributed by atoms with E-state index in [1.54, 1.807) is 12.3 Å². The van der Waals surface area contributed by atoms with Crippen LogP contribution >= 0.6 is 11.8 Å². The molecule has 10 heteroatoms. The van der Waals surface area contributed by atoms with Crippen molar-refractivity contribution in [3.63, 3.8) is 0 Å². The van der Waals surface area contributed by atoms with Gasteiger partial charge in [-0.15, -0.1) is 0 Å². The summed E-state index contributed by atoms with van der Waals surface area (Å²) in [5.74, 6) is 1.17. The molecular weight excluding hydrogens is 521 g/mol. The Morgan fingerprint density at radius 3 is 2.76 bits per heavy atom. The zero-order valence-corrected chi connectivity index (χ0v) is 24.8. The summed E-state index contributed by atoms with van der Waals surface area (Å²) in [5, 5.41) is 6.70. The zero-order valence-electron chi connectivity index (χ0n) is 23.2. The Bertz CT molecular complexity index is 1180. The summed E-state index contributed by atoms with van der Waals surface area (Å²) in [4.78, 5) is 11.0. The average molecular weight is 562 g/mol. The monoisotopic (exact) mass is 561 g/mol. The van der Waals surface area contributed by atoms with Gasteiger partial charge in [-0.2, -0.15) is 0 Å². The Hall–Kier alpha value is -2.43. The number of rotatable bonds is 12. The van der Waals surface area contributed by atoms with Crippen LogP contribution < -0.4 is 20.1 Å². The van der Waals surface area contributed by atoms with E-state index in [4.69, 9.17) is 9.72 Å². The molecular formula is C28H40FN5O2S2. The van der Waals surface area contributed by atoms with Crippen LogP contribution in [0, 0.1) is 18.7 Å². The number of benzene rings is 1. The number of ether oxygens (including phenoxy) is 1. The molecule has 7 nitrogen and oxygen atoms in total. The molecule has 2 heterocycles. The molecule has 0 saturated carbocycles. The molecule has 3 unspecified atom stereocenters. The number of hydrogen-bond acceptors (Lipinski definition) is 7. The van der Waals surface area contributed by atoms with E-state index in [0.717, 1.165) is 53.4 Å². The average Bonchev–Trinajstić information content (AvgIpc) is 2.88. The lowest BCUT2D eigenvalue weighted by atomic mass is 10.1. The van der Waals surface area contributed by atoms with E-state index >= 15 is 4.39 Å². The molecule has 1 aromatic heterocycles. The fourth-order valence-electron chi connectivity index (χ4n) is 3.87. The molecule has 0 bridgehead atoms. The van der Waals surface area contributed by atoms with Crippen molar-refractivity contribution in [3.8, 4) is 5.75 Å². The van der Waals surface area contributed by atoms with Crippen molar-refractivity contribution < 1.29 is 13.3 Å². The first-order chi connectivity index (χ1) is 18.1. The first-order valence-corrected chi connectivity index (χ1v) is 15.1. The number of nitrogens with zero attached hydrogens (tertiary/aromatic N) is 2. The lowest BCUT2D eigenvalue weighted by molar-refractivity contribution is 0.353. The standard InChI is InChI=1S/C28H40FN5O2S2/c1-8-19(6)26(36-25-15-22(29)24(14-20(25)7)34-38(35)18(4)5)27(37-17(2)3)23-11-13-31-28(33-23)32-21-10-9-12-30-16-21/h11,13-15,18-19,21,30,34H,2,8-10,12,16H2,1,3-7H3,(H,31,32,33)/b27-26+. The molecule has 3 atom stereocenters. The highest BCUT2D eigenvalue weighted by atomic mass is 32.2. The third-order valence-electron chi connectivity index (χ3n) is 6.20. The van der Waals surface area contributed by atoms with Crippen LogP contribution in [0.25, 0.3) is 4.91 Å². The molecule has 208 valence electrons. The highest BCUT2D eigenvalue weighted by Gasteiger charge is 2.23. The van der Waals surface area contributed by atoms with Gasteiger partial charge < -0.3 is 20.1 Å². The molecule has 1 aliphatic heterocycles. The van der Waals surface area contributed by atoms with Crippen LogP contribution in [0.1, 0.15) is 65.1 Å². The fourth-order valence-corrected chi connectivity index (χ4v) is 5.39. The Labute approximate surface area is 233 Å². The summed E-state index contributed by atoms with van der Waals surface area (Å²) >= 11 is 1.49. The van der Waals surface area contributed by atoms with E-state index in [0.29, 0.717) is 17.5 Å². The number of hydrogen-bond donors (Lipinski definition) is 3. The predicted octanol–water partition coefficient (Wildman–Crippen LogP) is 6.63. The van der Waals surface area contributed by atoms with Gasteiger partial charge in [-0.05, 0) is 76.1 Å². The summed E-state index contributed by atoms with van der Waals surface area (Å²) in [6.45, 7) is 17.6. The van der Waals surface area contributed by atoms with Gasteiger partial charge in [0, 0.05) is 36.0 Å². The van der Waals surface area contributed by atoms with Crippen molar-refractivity contribution >= 4 is 39.3 Å². The number of halogens is 1. The Morgan fingerprint density at radius 1 is 1.37 bits per heavy atom. The molecule has 38 heavy (non-hydrogen) atoms. The number of aromatic nitrogens is 2. The summed E-state index contributed by atoms with van der Waals surface area (Å²) in [5.41, 5.74) is 1.64. The smallest absolute Gasteiger partial charge is 0.223 e. The van der Waals surface area contributed by atoms with Crippen LogP contribution in [0.4, 0.5) is 16.0 Å². The molecule has 3 N–H and O–H groups in total. The molecule has 1 aromatic carbocycles. The molecule has 2 aromatic rings. The summed E-state index contributed by atoms with van der Waals surface area (Å²) in [7, 11) is -1.39. The van der Waals surface area contributed by atoms with E-state index in [1.165, 1.54) is 17.8 Å². The number of anilines is 2. The van der Waals surface area contributed by atoms with Gasteiger partial charge in [-0.3, -0.25) is 0 Å². The van der Waals surface area contributed by atoms with Gasteiger partial charge >= 0.3 is 0 Å². The lowest BCUT2D eigenvalue weighted by Gasteiger charge is -2.24. The second-order valence-electron chi connectivity index (χ2n) is 9.91. The van der Waals surface area contributed by atoms with E-state index in [1.807, 2.05) is 33.8 Å². The van der Waals surface area contributed by atoms with Crippen molar-refractivity contribution in [2.75, 3.05) is 23.1 Å². The molecule has 1 saturated heterocycles. The van der Waals surface area contributed by atoms with Crippen molar-refractivity contribution in [2.45, 2.75) is 72.1 Å². The first kappa shape index (κ1) is 30.1. The Balaban J connectivity index is 2.01. The zero-order chi connectivity index (χ0) is 27.8. The topological polar surface area (TPSA) is 88.2 Å². The summed E-state index contributed by atoms with van der Waals surface area (Å²) < 4.78 is 36.5. The van der Waals surface area contributed by atoms with Crippen LogP contribution in [-0.4, -0.2) is 38.6 Å². The van der Waals surface area contributed by atoms with Crippen molar-refractivity contribution in [2.24, 2.45) is 5.92 Å². The lowest BCUT2D eigenvalue weighted by Crippen LogP contribution is -2.38. The minimum Gasteiger partial charge on any atom is -0.460 e. The number of thioether (sulfide) groups is 1. The maximum atomic E-state index is 15.1. The highest BCUT2D eigenvalue weighted by Crippen LogP contribution is 2.40. The van der Waals surface area contributed by atoms with Crippen molar-refractivity contribution in [1.29, 1.82) is 0 Å². The molecule has 0 aliphatic carbocycles. The molecule has 0 spiro atoms. The number of piperidine rings is 1. The third-order valence-corrected chi connectivity index (χ3v) is 8.44. The third kappa shape index (κ3) is 8.28. The number of nitrogens with one attached hydrogen (secondary N) is 3. The second-order valence-corrected chi connectivity index (χ2v) is 13.0. The van der Waals surface area contributed by atoms with E-state index in [9.17, 15) is 4.21 Å². The predicted molar refractivity (Wildman–Crippen MR) is 159 cm³/mol. The van der Waals surface area contributed by atoms with Gasteiger partial charge in [0.05, 0.1) is 16.3 Å². The Morgan fingerprint density at radius 2 is 2.13 bits per heavy atom. The minimum absolute atomic E-state index is 0.0273. The number of aryl methyl sites for hydroxylation is 1. The van der Waals surface area contributed by atoms with Crippen LogP contribution in [0.3, 0.4) is 0 Å². The van der Waals surface area contributed by atoms with Crippen molar-refractivity contribution in [3.05, 3.63) is 58.7 Å². The minimum atomic E-state index is -1.39. The van der Waals surface area contributed by atoms with Crippen LogP contribution in [0.5, 0.6) is 5.75 Å². The molecule has 0 radical (unpaired) electrons. The van der Waals surface area contributed by atoms with Gasteiger partial charge in [0.25, 0.3) is 0 Å². The largest absolute Gasteiger partial charge is 0.460 e. The van der Waals surface area contributed by atoms with E-state index in [-0.39, 0.29) is 22.9 Å². The Kier molecular flexibility index (Phi) is 11.2. The van der Waals surface area contributed by atoms with Gasteiger partial charge in [0.15, 0.2) is 5.82 Å². The SMILES string of the molecule is C=C(C)S/C(=C(/Oc1cc(F)c(NS(=O)C(C)C)cc1C)C(C)CC)c1ccnc(NC2CCCNC2)n1. The highest BCUT2D eigenvalue weighted by molar-refractivity contribution is 8.11. The summed E-state index contributed by atoms with van der Waals surface area (Å²) in [6.07, 6.45) is 4.73. The first-order valence-electron chi connectivity index (χ1n) is 13.1. The van der Waals surface area contributed by atoms with E-state index in [2.05, 4.69) is 40.8 Å². The van der Waals surface area contributed by atoms with Gasteiger partial charge in [0.1, 0.15) is 22.5 Å². The quantitative estimate of drug-likeness (QED) is 0.251. The van der Waals surface area contributed by atoms with E-state index < -0.39 is 16.8 Å². The van der Waals surface area contributed by atoms with Gasteiger partial charge in [-0.25, -0.2) is 18.6 Å². The normalized spacial score (nSPS) is 17.9. The molecule has 0 amide bonds. The van der Waals surface area contributed by atoms with Crippen LogP contribution in [0.15, 0.2) is 41.6 Å². The van der Waals surface area contributed by atoms with Crippen molar-refractivity contribution in [1.82, 2.24) is 15.3 Å². The molecule has 1 fully saturated rings.